The van der Waals surface area contributed by atoms with Crippen molar-refractivity contribution in [1.29, 1.82) is 0 Å². The van der Waals surface area contributed by atoms with E-state index in [-0.39, 0.29) is 29.8 Å². The number of hydrogen-bond acceptors (Lipinski definition) is 2. The Bertz CT molecular complexity index is 634. The minimum Gasteiger partial charge on any atom is -0.351 e. The summed E-state index contributed by atoms with van der Waals surface area (Å²) in [7, 11) is 0. The van der Waals surface area contributed by atoms with Crippen molar-refractivity contribution in [2.75, 3.05) is 5.88 Å². The first kappa shape index (κ1) is 20.2. The number of carbonyl (C=O) groups is 2. The Morgan fingerprint density at radius 1 is 1.04 bits per heavy atom. The van der Waals surface area contributed by atoms with E-state index in [1.807, 2.05) is 31.2 Å². The maximum absolute atomic E-state index is 13.4. The summed E-state index contributed by atoms with van der Waals surface area (Å²) in [5.74, 6) is -0.292. The van der Waals surface area contributed by atoms with Gasteiger partial charge in [-0.05, 0) is 38.2 Å². The fourth-order valence-corrected chi connectivity index (χ4v) is 4.66. The van der Waals surface area contributed by atoms with Gasteiger partial charge in [0.25, 0.3) is 0 Å². The van der Waals surface area contributed by atoms with Crippen molar-refractivity contribution in [3.8, 4) is 0 Å². The molecular weight excluding hydrogens is 360 g/mol. The molecule has 0 bridgehead atoms. The summed E-state index contributed by atoms with van der Waals surface area (Å²) in [5, 5.41) is 3.24. The number of halogens is 1. The average molecular weight is 391 g/mol. The van der Waals surface area contributed by atoms with Crippen LogP contribution in [0.3, 0.4) is 0 Å². The van der Waals surface area contributed by atoms with Crippen LogP contribution in [0.15, 0.2) is 24.3 Å². The predicted octanol–water partition coefficient (Wildman–Crippen LogP) is 4.50. The SMILES string of the molecule is Cc1ccc([C@@H](C(=O)NC2CCCCC2)N(C(=O)CCl)C2CCCC2)cc1. The number of benzene rings is 1. The number of nitrogens with zero attached hydrogens (tertiary/aromatic N) is 1. The van der Waals surface area contributed by atoms with E-state index >= 15 is 0 Å². The third-order valence-electron chi connectivity index (χ3n) is 5.99. The summed E-state index contributed by atoms with van der Waals surface area (Å²) in [5.41, 5.74) is 2.01. The zero-order chi connectivity index (χ0) is 19.2. The average Bonchev–Trinajstić information content (AvgIpc) is 3.21. The molecule has 0 aromatic heterocycles. The van der Waals surface area contributed by atoms with E-state index in [2.05, 4.69) is 5.32 Å². The minimum atomic E-state index is -0.595. The number of aryl methyl sites for hydroxylation is 1. The van der Waals surface area contributed by atoms with Gasteiger partial charge in [-0.2, -0.15) is 0 Å². The molecule has 0 unspecified atom stereocenters. The van der Waals surface area contributed by atoms with Crippen LogP contribution in [0, 0.1) is 6.92 Å². The molecule has 0 radical (unpaired) electrons. The van der Waals surface area contributed by atoms with Crippen LogP contribution < -0.4 is 5.32 Å². The van der Waals surface area contributed by atoms with Gasteiger partial charge in [-0.3, -0.25) is 9.59 Å². The van der Waals surface area contributed by atoms with Crippen molar-refractivity contribution in [2.24, 2.45) is 0 Å². The molecule has 1 aromatic carbocycles. The Labute approximate surface area is 167 Å². The Balaban J connectivity index is 1.90. The van der Waals surface area contributed by atoms with Crippen LogP contribution in [0.4, 0.5) is 0 Å². The number of alkyl halides is 1. The highest BCUT2D eigenvalue weighted by atomic mass is 35.5. The molecule has 0 spiro atoms. The summed E-state index contributed by atoms with van der Waals surface area (Å²) in [6.45, 7) is 2.03. The van der Waals surface area contributed by atoms with Crippen LogP contribution >= 0.6 is 11.6 Å². The van der Waals surface area contributed by atoms with E-state index in [4.69, 9.17) is 11.6 Å². The van der Waals surface area contributed by atoms with E-state index in [9.17, 15) is 9.59 Å². The van der Waals surface area contributed by atoms with Gasteiger partial charge >= 0.3 is 0 Å². The molecule has 2 amide bonds. The van der Waals surface area contributed by atoms with Gasteiger partial charge < -0.3 is 10.2 Å². The van der Waals surface area contributed by atoms with E-state index in [1.54, 1.807) is 4.90 Å². The molecule has 0 heterocycles. The smallest absolute Gasteiger partial charge is 0.247 e. The summed E-state index contributed by atoms with van der Waals surface area (Å²) in [6, 6.07) is 7.69. The Hall–Kier alpha value is -1.55. The van der Waals surface area contributed by atoms with Crippen molar-refractivity contribution in [1.82, 2.24) is 10.2 Å². The lowest BCUT2D eigenvalue weighted by molar-refractivity contribution is -0.142. The summed E-state index contributed by atoms with van der Waals surface area (Å²) in [4.78, 5) is 27.9. The third-order valence-corrected chi connectivity index (χ3v) is 6.22. The fourth-order valence-electron chi connectivity index (χ4n) is 4.52. The number of rotatable bonds is 6. The Kier molecular flexibility index (Phi) is 7.17. The normalized spacial score (nSPS) is 19.6. The van der Waals surface area contributed by atoms with Gasteiger partial charge in [0.1, 0.15) is 11.9 Å². The van der Waals surface area contributed by atoms with Gasteiger partial charge in [0, 0.05) is 12.1 Å². The zero-order valence-electron chi connectivity index (χ0n) is 16.3. The number of amides is 2. The molecule has 27 heavy (non-hydrogen) atoms. The van der Waals surface area contributed by atoms with Gasteiger partial charge in [-0.25, -0.2) is 0 Å². The molecule has 1 aromatic rings. The van der Waals surface area contributed by atoms with Crippen LogP contribution in [0.1, 0.15) is 75.0 Å². The summed E-state index contributed by atoms with van der Waals surface area (Å²) >= 11 is 5.96. The second-order valence-electron chi connectivity index (χ2n) is 8.03. The van der Waals surface area contributed by atoms with E-state index in [1.165, 1.54) is 6.42 Å². The minimum absolute atomic E-state index is 0.0591. The highest BCUT2D eigenvalue weighted by Crippen LogP contribution is 2.32. The highest BCUT2D eigenvalue weighted by molar-refractivity contribution is 6.27. The molecule has 1 N–H and O–H groups in total. The second-order valence-corrected chi connectivity index (χ2v) is 8.30. The standard InChI is InChI=1S/C22H31ClN2O2/c1-16-11-13-17(14-12-16)21(22(27)24-18-7-3-2-4-8-18)25(20(26)15-23)19-9-5-6-10-19/h11-14,18-19,21H,2-10,15H2,1H3,(H,24,27)/t21-/m0/s1. The second kappa shape index (κ2) is 9.59. The zero-order valence-corrected chi connectivity index (χ0v) is 17.0. The van der Waals surface area contributed by atoms with Gasteiger partial charge in [-0.1, -0.05) is 61.9 Å². The topological polar surface area (TPSA) is 49.4 Å². The van der Waals surface area contributed by atoms with Crippen molar-refractivity contribution in [3.05, 3.63) is 35.4 Å². The fraction of sp³-hybridized carbons (Fsp3) is 0.636. The molecule has 2 aliphatic carbocycles. The van der Waals surface area contributed by atoms with E-state index < -0.39 is 6.04 Å². The maximum Gasteiger partial charge on any atom is 0.247 e. The van der Waals surface area contributed by atoms with Crippen molar-refractivity contribution >= 4 is 23.4 Å². The highest BCUT2D eigenvalue weighted by Gasteiger charge is 2.37. The molecule has 1 atom stereocenters. The lowest BCUT2D eigenvalue weighted by Crippen LogP contribution is -2.50. The molecule has 148 valence electrons. The summed E-state index contributed by atoms with van der Waals surface area (Å²) in [6.07, 6.45) is 9.71. The molecule has 3 rings (SSSR count). The van der Waals surface area contributed by atoms with Crippen LogP contribution in [0.2, 0.25) is 0 Å². The molecule has 2 aliphatic rings. The van der Waals surface area contributed by atoms with E-state index in [0.717, 1.165) is 62.5 Å². The van der Waals surface area contributed by atoms with Gasteiger partial charge in [0.05, 0.1) is 0 Å². The lowest BCUT2D eigenvalue weighted by Gasteiger charge is -2.37. The molecule has 5 heteroatoms. The van der Waals surface area contributed by atoms with Crippen molar-refractivity contribution in [2.45, 2.75) is 82.8 Å². The number of carbonyl (C=O) groups excluding carboxylic acids is 2. The largest absolute Gasteiger partial charge is 0.351 e. The first-order valence-corrected chi connectivity index (χ1v) is 10.9. The Morgan fingerprint density at radius 3 is 2.22 bits per heavy atom. The molecule has 2 fully saturated rings. The van der Waals surface area contributed by atoms with Crippen LogP contribution in [-0.2, 0) is 9.59 Å². The van der Waals surface area contributed by atoms with Gasteiger partial charge in [0.2, 0.25) is 11.8 Å². The van der Waals surface area contributed by atoms with Gasteiger partial charge in [-0.15, -0.1) is 11.6 Å². The molecule has 0 aliphatic heterocycles. The lowest BCUT2D eigenvalue weighted by atomic mass is 9.94. The third kappa shape index (κ3) is 5.04. The molecule has 0 saturated heterocycles. The van der Waals surface area contributed by atoms with E-state index in [0.29, 0.717) is 0 Å². The van der Waals surface area contributed by atoms with Crippen LogP contribution in [-0.4, -0.2) is 34.7 Å². The van der Waals surface area contributed by atoms with Crippen LogP contribution in [0.25, 0.3) is 0 Å². The number of nitrogens with one attached hydrogen (secondary N) is 1. The number of hydrogen-bond donors (Lipinski definition) is 1. The van der Waals surface area contributed by atoms with Crippen molar-refractivity contribution < 1.29 is 9.59 Å². The molecule has 2 saturated carbocycles. The predicted molar refractivity (Wildman–Crippen MR) is 109 cm³/mol. The summed E-state index contributed by atoms with van der Waals surface area (Å²) < 4.78 is 0. The first-order valence-electron chi connectivity index (χ1n) is 10.3. The molecular formula is C22H31ClN2O2. The monoisotopic (exact) mass is 390 g/mol. The Morgan fingerprint density at radius 2 is 1.63 bits per heavy atom. The van der Waals surface area contributed by atoms with Crippen LogP contribution in [0.5, 0.6) is 0 Å². The first-order chi connectivity index (χ1) is 13.1. The maximum atomic E-state index is 13.4. The molecule has 4 nitrogen and oxygen atoms in total. The van der Waals surface area contributed by atoms with Crippen molar-refractivity contribution in [3.63, 3.8) is 0 Å². The quantitative estimate of drug-likeness (QED) is 0.727. The van der Waals surface area contributed by atoms with Gasteiger partial charge in [0.15, 0.2) is 0 Å².